The van der Waals surface area contributed by atoms with Crippen molar-refractivity contribution in [2.24, 2.45) is 0 Å². The van der Waals surface area contributed by atoms with Crippen molar-refractivity contribution in [1.82, 2.24) is 9.88 Å². The zero-order chi connectivity index (χ0) is 11.7. The van der Waals surface area contributed by atoms with Crippen LogP contribution < -0.4 is 5.73 Å². The highest BCUT2D eigenvalue weighted by Crippen LogP contribution is 2.22. The van der Waals surface area contributed by atoms with Crippen LogP contribution in [0.25, 0.3) is 10.8 Å². The van der Waals surface area contributed by atoms with Crippen LogP contribution in [0.2, 0.25) is 0 Å². The Kier molecular flexibility index (Phi) is 2.48. The third-order valence-corrected chi connectivity index (χ3v) is 2.45. The maximum Gasteiger partial charge on any atom is 0.272 e. The number of pyridine rings is 1. The minimum atomic E-state index is -0.115. The Balaban J connectivity index is 2.72. The van der Waals surface area contributed by atoms with Gasteiger partial charge in [0.25, 0.3) is 5.91 Å². The molecule has 0 atom stereocenters. The smallest absolute Gasteiger partial charge is 0.272 e. The number of hydrogen-bond acceptors (Lipinski definition) is 3. The maximum atomic E-state index is 11.9. The number of amides is 1. The van der Waals surface area contributed by atoms with E-state index in [4.69, 9.17) is 5.73 Å². The van der Waals surface area contributed by atoms with E-state index in [-0.39, 0.29) is 5.91 Å². The highest BCUT2D eigenvalue weighted by atomic mass is 16.2. The van der Waals surface area contributed by atoms with Crippen LogP contribution in [0.3, 0.4) is 0 Å². The summed E-state index contributed by atoms with van der Waals surface area (Å²) in [4.78, 5) is 17.5. The second-order valence-corrected chi connectivity index (χ2v) is 3.80. The summed E-state index contributed by atoms with van der Waals surface area (Å²) in [6, 6.07) is 7.31. The quantitative estimate of drug-likeness (QED) is 0.734. The van der Waals surface area contributed by atoms with Gasteiger partial charge >= 0.3 is 0 Å². The molecule has 0 fully saturated rings. The summed E-state index contributed by atoms with van der Waals surface area (Å²) >= 11 is 0. The first kappa shape index (κ1) is 10.4. The standard InChI is InChI=1S/C12H13N3O/c1-15(2)12(16)11-9-4-3-5-10(13)8(9)6-7-14-11/h3-7H,13H2,1-2H3. The lowest BCUT2D eigenvalue weighted by Gasteiger charge is -2.11. The van der Waals surface area contributed by atoms with Crippen molar-refractivity contribution in [3.63, 3.8) is 0 Å². The third-order valence-electron chi connectivity index (χ3n) is 2.45. The Morgan fingerprint density at radius 1 is 1.25 bits per heavy atom. The Morgan fingerprint density at radius 2 is 2.00 bits per heavy atom. The fourth-order valence-corrected chi connectivity index (χ4v) is 1.61. The normalized spacial score (nSPS) is 10.4. The van der Waals surface area contributed by atoms with Crippen molar-refractivity contribution in [3.8, 4) is 0 Å². The van der Waals surface area contributed by atoms with E-state index in [9.17, 15) is 4.79 Å². The van der Waals surface area contributed by atoms with Gasteiger partial charge in [-0.2, -0.15) is 0 Å². The van der Waals surface area contributed by atoms with Gasteiger partial charge < -0.3 is 10.6 Å². The molecule has 1 amide bonds. The van der Waals surface area contributed by atoms with Crippen molar-refractivity contribution in [3.05, 3.63) is 36.2 Å². The summed E-state index contributed by atoms with van der Waals surface area (Å²) in [7, 11) is 3.41. The predicted octanol–water partition coefficient (Wildman–Crippen LogP) is 1.52. The number of fused-ring (bicyclic) bond motifs is 1. The molecular weight excluding hydrogens is 202 g/mol. The molecular formula is C12H13N3O. The molecule has 4 nitrogen and oxygen atoms in total. The molecule has 0 aliphatic carbocycles. The van der Waals surface area contributed by atoms with E-state index < -0.39 is 0 Å². The number of nitrogens with two attached hydrogens (primary N) is 1. The number of carbonyl (C=O) groups is 1. The van der Waals surface area contributed by atoms with E-state index >= 15 is 0 Å². The fraction of sp³-hybridized carbons (Fsp3) is 0.167. The van der Waals surface area contributed by atoms with E-state index in [2.05, 4.69) is 4.98 Å². The lowest BCUT2D eigenvalue weighted by molar-refractivity contribution is 0.0824. The minimum absolute atomic E-state index is 0.115. The molecule has 2 rings (SSSR count). The first-order chi connectivity index (χ1) is 7.61. The molecule has 2 aromatic rings. The van der Waals surface area contributed by atoms with Crippen LogP contribution in [0.1, 0.15) is 10.5 Å². The Bertz CT molecular complexity index is 549. The highest BCUT2D eigenvalue weighted by molar-refractivity contribution is 6.07. The van der Waals surface area contributed by atoms with Crippen LogP contribution >= 0.6 is 0 Å². The van der Waals surface area contributed by atoms with Crippen LogP contribution in [0.15, 0.2) is 30.5 Å². The van der Waals surface area contributed by atoms with E-state index in [1.807, 2.05) is 24.3 Å². The van der Waals surface area contributed by atoms with Gasteiger partial charge in [0.2, 0.25) is 0 Å². The number of carbonyl (C=O) groups excluding carboxylic acids is 1. The minimum Gasteiger partial charge on any atom is -0.398 e. The second kappa shape index (κ2) is 3.81. The summed E-state index contributed by atoms with van der Waals surface area (Å²) < 4.78 is 0. The molecule has 0 bridgehead atoms. The van der Waals surface area contributed by atoms with Crippen molar-refractivity contribution in [1.29, 1.82) is 0 Å². The summed E-state index contributed by atoms with van der Waals surface area (Å²) in [5, 5.41) is 1.66. The van der Waals surface area contributed by atoms with Crippen molar-refractivity contribution in [2.75, 3.05) is 19.8 Å². The number of anilines is 1. The van der Waals surface area contributed by atoms with Gasteiger partial charge in [-0.05, 0) is 12.1 Å². The van der Waals surface area contributed by atoms with Crippen LogP contribution in [0.4, 0.5) is 5.69 Å². The first-order valence-corrected chi connectivity index (χ1v) is 4.96. The average Bonchev–Trinajstić information content (AvgIpc) is 2.28. The van der Waals surface area contributed by atoms with E-state index in [0.717, 1.165) is 10.8 Å². The van der Waals surface area contributed by atoms with Gasteiger partial charge in [-0.25, -0.2) is 0 Å². The van der Waals surface area contributed by atoms with Gasteiger partial charge in [-0.15, -0.1) is 0 Å². The molecule has 1 heterocycles. The van der Waals surface area contributed by atoms with Crippen molar-refractivity contribution in [2.45, 2.75) is 0 Å². The van der Waals surface area contributed by atoms with Crippen LogP contribution in [0, 0.1) is 0 Å². The molecule has 82 valence electrons. The SMILES string of the molecule is CN(C)C(=O)c1nccc2c(N)cccc12. The van der Waals surface area contributed by atoms with Gasteiger partial charge in [0.15, 0.2) is 0 Å². The lowest BCUT2D eigenvalue weighted by Crippen LogP contribution is -2.23. The molecule has 1 aromatic carbocycles. The summed E-state index contributed by atoms with van der Waals surface area (Å²) in [5.74, 6) is -0.115. The molecule has 2 N–H and O–H groups in total. The van der Waals surface area contributed by atoms with Gasteiger partial charge in [-0.3, -0.25) is 9.78 Å². The summed E-state index contributed by atoms with van der Waals surface area (Å²) in [5.41, 5.74) is 6.95. The number of nitrogens with zero attached hydrogens (tertiary/aromatic N) is 2. The van der Waals surface area contributed by atoms with E-state index in [0.29, 0.717) is 11.4 Å². The van der Waals surface area contributed by atoms with Crippen LogP contribution in [0.5, 0.6) is 0 Å². The number of benzene rings is 1. The lowest BCUT2D eigenvalue weighted by atomic mass is 10.1. The molecule has 0 radical (unpaired) electrons. The Hall–Kier alpha value is -2.10. The molecule has 0 unspecified atom stereocenters. The summed E-state index contributed by atoms with van der Waals surface area (Å²) in [6.45, 7) is 0. The molecule has 0 aliphatic rings. The zero-order valence-corrected chi connectivity index (χ0v) is 9.27. The Labute approximate surface area is 93.7 Å². The van der Waals surface area contributed by atoms with Crippen LogP contribution in [-0.2, 0) is 0 Å². The monoisotopic (exact) mass is 215 g/mol. The number of nitrogen functional groups attached to an aromatic ring is 1. The molecule has 1 aromatic heterocycles. The fourth-order valence-electron chi connectivity index (χ4n) is 1.61. The highest BCUT2D eigenvalue weighted by Gasteiger charge is 2.13. The molecule has 0 aliphatic heterocycles. The van der Waals surface area contributed by atoms with Gasteiger partial charge in [0.1, 0.15) is 5.69 Å². The zero-order valence-electron chi connectivity index (χ0n) is 9.27. The number of aromatic nitrogens is 1. The Morgan fingerprint density at radius 3 is 2.69 bits per heavy atom. The van der Waals surface area contributed by atoms with Crippen molar-refractivity contribution >= 4 is 22.4 Å². The molecule has 16 heavy (non-hydrogen) atoms. The third kappa shape index (κ3) is 1.58. The topological polar surface area (TPSA) is 59.2 Å². The van der Waals surface area contributed by atoms with Crippen molar-refractivity contribution < 1.29 is 4.79 Å². The second-order valence-electron chi connectivity index (χ2n) is 3.80. The maximum absolute atomic E-state index is 11.9. The predicted molar refractivity (Wildman–Crippen MR) is 64.2 cm³/mol. The first-order valence-electron chi connectivity index (χ1n) is 4.96. The van der Waals surface area contributed by atoms with Gasteiger partial charge in [0.05, 0.1) is 0 Å². The largest absolute Gasteiger partial charge is 0.398 e. The molecule has 0 saturated carbocycles. The molecule has 0 saturated heterocycles. The van der Waals surface area contributed by atoms with E-state index in [1.54, 1.807) is 20.3 Å². The van der Waals surface area contributed by atoms with Gasteiger partial charge in [-0.1, -0.05) is 12.1 Å². The van der Waals surface area contributed by atoms with Crippen LogP contribution in [-0.4, -0.2) is 29.9 Å². The average molecular weight is 215 g/mol. The molecule has 0 spiro atoms. The van der Waals surface area contributed by atoms with E-state index in [1.165, 1.54) is 4.90 Å². The number of rotatable bonds is 1. The van der Waals surface area contributed by atoms with Gasteiger partial charge in [0, 0.05) is 36.8 Å². The summed E-state index contributed by atoms with van der Waals surface area (Å²) in [6.07, 6.45) is 1.61. The number of hydrogen-bond donors (Lipinski definition) is 1. The molecule has 4 heteroatoms.